The summed E-state index contributed by atoms with van der Waals surface area (Å²) in [6, 6.07) is 12.7. The van der Waals surface area contributed by atoms with Gasteiger partial charge in [0.1, 0.15) is 0 Å². The zero-order valence-corrected chi connectivity index (χ0v) is 13.5. The number of anilines is 2. The SMILES string of the molecule is CC(=O)C(N=Nc1ccccc1)C(=O)Nc1ccc2c(c1)NC(=O)C2. The molecule has 7 heteroatoms. The van der Waals surface area contributed by atoms with Gasteiger partial charge in [0.15, 0.2) is 5.78 Å². The van der Waals surface area contributed by atoms with Crippen molar-refractivity contribution >= 4 is 34.7 Å². The Balaban J connectivity index is 1.73. The average Bonchev–Trinajstić information content (AvgIpc) is 2.95. The highest BCUT2D eigenvalue weighted by atomic mass is 16.2. The van der Waals surface area contributed by atoms with Crippen molar-refractivity contribution in [2.24, 2.45) is 10.2 Å². The van der Waals surface area contributed by atoms with E-state index in [4.69, 9.17) is 0 Å². The molecule has 2 aromatic carbocycles. The fourth-order valence-electron chi connectivity index (χ4n) is 2.44. The first-order chi connectivity index (χ1) is 12.0. The molecule has 0 radical (unpaired) electrons. The summed E-state index contributed by atoms with van der Waals surface area (Å²) in [4.78, 5) is 35.5. The first-order valence-corrected chi connectivity index (χ1v) is 7.73. The Labute approximate surface area is 144 Å². The van der Waals surface area contributed by atoms with E-state index >= 15 is 0 Å². The molecule has 1 heterocycles. The molecule has 2 aromatic rings. The molecule has 1 unspecified atom stereocenters. The van der Waals surface area contributed by atoms with Crippen LogP contribution in [0.4, 0.5) is 17.1 Å². The molecule has 25 heavy (non-hydrogen) atoms. The molecule has 0 bridgehead atoms. The summed E-state index contributed by atoms with van der Waals surface area (Å²) >= 11 is 0. The Morgan fingerprint density at radius 3 is 2.64 bits per heavy atom. The number of hydrogen-bond donors (Lipinski definition) is 2. The molecule has 0 aliphatic carbocycles. The number of hydrogen-bond acceptors (Lipinski definition) is 5. The maximum atomic E-state index is 12.4. The summed E-state index contributed by atoms with van der Waals surface area (Å²) in [7, 11) is 0. The number of fused-ring (bicyclic) bond motifs is 1. The molecule has 0 aromatic heterocycles. The standard InChI is InChI=1S/C18H16N4O3/c1-11(23)17(22-21-13-5-3-2-4-6-13)18(25)19-14-8-7-12-9-16(24)20-15(12)10-14/h2-8,10,17H,9H2,1H3,(H,19,25)(H,20,24). The Morgan fingerprint density at radius 2 is 1.92 bits per heavy atom. The van der Waals surface area contributed by atoms with Crippen molar-refractivity contribution in [3.8, 4) is 0 Å². The van der Waals surface area contributed by atoms with Gasteiger partial charge in [0.25, 0.3) is 5.91 Å². The van der Waals surface area contributed by atoms with E-state index in [0.717, 1.165) is 5.56 Å². The normalized spacial score (nSPS) is 14.0. The molecule has 1 aliphatic rings. The predicted molar refractivity (Wildman–Crippen MR) is 92.8 cm³/mol. The van der Waals surface area contributed by atoms with Crippen LogP contribution < -0.4 is 10.6 Å². The number of nitrogens with zero attached hydrogens (tertiary/aromatic N) is 2. The molecule has 7 nitrogen and oxygen atoms in total. The van der Waals surface area contributed by atoms with E-state index < -0.39 is 17.7 Å². The minimum Gasteiger partial charge on any atom is -0.325 e. The highest BCUT2D eigenvalue weighted by molar-refractivity contribution is 6.10. The van der Waals surface area contributed by atoms with Crippen LogP contribution >= 0.6 is 0 Å². The first kappa shape index (κ1) is 16.5. The second kappa shape index (κ2) is 7.04. The Morgan fingerprint density at radius 1 is 1.16 bits per heavy atom. The molecule has 0 fully saturated rings. The van der Waals surface area contributed by atoms with Crippen LogP contribution in [0.1, 0.15) is 12.5 Å². The molecule has 1 aliphatic heterocycles. The lowest BCUT2D eigenvalue weighted by Gasteiger charge is -2.10. The van der Waals surface area contributed by atoms with E-state index in [2.05, 4.69) is 20.9 Å². The van der Waals surface area contributed by atoms with Crippen LogP contribution in [0, 0.1) is 0 Å². The zero-order valence-electron chi connectivity index (χ0n) is 13.5. The van der Waals surface area contributed by atoms with Gasteiger partial charge in [-0.15, -0.1) is 0 Å². The largest absolute Gasteiger partial charge is 0.325 e. The second-order valence-corrected chi connectivity index (χ2v) is 5.65. The van der Waals surface area contributed by atoms with Crippen molar-refractivity contribution in [3.63, 3.8) is 0 Å². The number of carbonyl (C=O) groups excluding carboxylic acids is 3. The fourth-order valence-corrected chi connectivity index (χ4v) is 2.44. The van der Waals surface area contributed by atoms with Gasteiger partial charge in [0.05, 0.1) is 12.1 Å². The molecule has 3 rings (SSSR count). The summed E-state index contributed by atoms with van der Waals surface area (Å²) in [6.07, 6.45) is 0.324. The van der Waals surface area contributed by atoms with E-state index in [1.807, 2.05) is 6.07 Å². The van der Waals surface area contributed by atoms with Gasteiger partial charge in [-0.2, -0.15) is 10.2 Å². The lowest BCUT2D eigenvalue weighted by atomic mass is 10.1. The van der Waals surface area contributed by atoms with Crippen molar-refractivity contribution in [1.29, 1.82) is 0 Å². The van der Waals surface area contributed by atoms with E-state index in [0.29, 0.717) is 23.5 Å². The first-order valence-electron chi connectivity index (χ1n) is 7.73. The third-order valence-corrected chi connectivity index (χ3v) is 3.68. The monoisotopic (exact) mass is 336 g/mol. The van der Waals surface area contributed by atoms with Crippen LogP contribution in [-0.2, 0) is 20.8 Å². The maximum Gasteiger partial charge on any atom is 0.258 e. The van der Waals surface area contributed by atoms with Gasteiger partial charge in [-0.3, -0.25) is 14.4 Å². The van der Waals surface area contributed by atoms with Crippen molar-refractivity contribution in [2.75, 3.05) is 10.6 Å². The summed E-state index contributed by atoms with van der Waals surface area (Å²) in [5, 5.41) is 13.2. The third-order valence-electron chi connectivity index (χ3n) is 3.68. The van der Waals surface area contributed by atoms with Crippen LogP contribution in [0.2, 0.25) is 0 Å². The van der Waals surface area contributed by atoms with Gasteiger partial charge in [-0.1, -0.05) is 24.3 Å². The molecule has 2 amide bonds. The van der Waals surface area contributed by atoms with Crippen LogP contribution in [0.25, 0.3) is 0 Å². The van der Waals surface area contributed by atoms with E-state index in [1.165, 1.54) is 6.92 Å². The molecule has 0 saturated carbocycles. The Bertz CT molecular complexity index is 862. The molecule has 2 N–H and O–H groups in total. The van der Waals surface area contributed by atoms with Crippen molar-refractivity contribution < 1.29 is 14.4 Å². The second-order valence-electron chi connectivity index (χ2n) is 5.65. The van der Waals surface area contributed by atoms with Crippen molar-refractivity contribution in [1.82, 2.24) is 0 Å². The summed E-state index contributed by atoms with van der Waals surface area (Å²) in [6.45, 7) is 1.29. The third kappa shape index (κ3) is 3.95. The molecular weight excluding hydrogens is 320 g/mol. The number of benzene rings is 2. The minimum atomic E-state index is -1.23. The van der Waals surface area contributed by atoms with Crippen LogP contribution in [-0.4, -0.2) is 23.6 Å². The smallest absolute Gasteiger partial charge is 0.258 e. The number of carbonyl (C=O) groups is 3. The van der Waals surface area contributed by atoms with Crippen molar-refractivity contribution in [3.05, 3.63) is 54.1 Å². The van der Waals surface area contributed by atoms with Gasteiger partial charge in [0, 0.05) is 11.4 Å². The lowest BCUT2D eigenvalue weighted by molar-refractivity contribution is -0.126. The number of rotatable bonds is 5. The quantitative estimate of drug-likeness (QED) is 0.648. The maximum absolute atomic E-state index is 12.4. The number of nitrogens with one attached hydrogen (secondary N) is 2. The van der Waals surface area contributed by atoms with E-state index in [1.54, 1.807) is 42.5 Å². The average molecular weight is 336 g/mol. The summed E-state index contributed by atoms with van der Waals surface area (Å²) in [5.74, 6) is -1.07. The summed E-state index contributed by atoms with van der Waals surface area (Å²) < 4.78 is 0. The topological polar surface area (TPSA) is 100.0 Å². The molecule has 126 valence electrons. The summed E-state index contributed by atoms with van der Waals surface area (Å²) in [5.41, 5.74) is 2.57. The highest BCUT2D eigenvalue weighted by Gasteiger charge is 2.24. The number of ketones is 1. The van der Waals surface area contributed by atoms with Crippen molar-refractivity contribution in [2.45, 2.75) is 19.4 Å². The Hall–Kier alpha value is -3.35. The molecule has 1 atom stereocenters. The molecular formula is C18H16N4O3. The van der Waals surface area contributed by atoms with Crippen LogP contribution in [0.15, 0.2) is 58.8 Å². The number of Topliss-reactive ketones (excluding diaryl/α,β-unsaturated/α-hetero) is 1. The number of azo groups is 1. The molecule has 0 saturated heterocycles. The fraction of sp³-hybridized carbons (Fsp3) is 0.167. The Kier molecular flexibility index (Phi) is 4.65. The van der Waals surface area contributed by atoms with Gasteiger partial charge >= 0.3 is 0 Å². The van der Waals surface area contributed by atoms with Gasteiger partial charge < -0.3 is 10.6 Å². The van der Waals surface area contributed by atoms with E-state index in [-0.39, 0.29) is 5.91 Å². The minimum absolute atomic E-state index is 0.0863. The van der Waals surface area contributed by atoms with Gasteiger partial charge in [-0.25, -0.2) is 0 Å². The molecule has 0 spiro atoms. The van der Waals surface area contributed by atoms with E-state index in [9.17, 15) is 14.4 Å². The lowest BCUT2D eigenvalue weighted by Crippen LogP contribution is -2.31. The van der Waals surface area contributed by atoms with Crippen LogP contribution in [0.3, 0.4) is 0 Å². The highest BCUT2D eigenvalue weighted by Crippen LogP contribution is 2.26. The van der Waals surface area contributed by atoms with Gasteiger partial charge in [0.2, 0.25) is 11.9 Å². The predicted octanol–water partition coefficient (Wildman–Crippen LogP) is 2.86. The number of amides is 2. The van der Waals surface area contributed by atoms with Gasteiger partial charge in [-0.05, 0) is 36.8 Å². The zero-order chi connectivity index (χ0) is 17.8. The van der Waals surface area contributed by atoms with Crippen LogP contribution in [0.5, 0.6) is 0 Å².